The highest BCUT2D eigenvalue weighted by molar-refractivity contribution is 5.70. The fourth-order valence-corrected chi connectivity index (χ4v) is 4.35. The average molecular weight is 484 g/mol. The molecular weight excluding hydrogens is 430 g/mol. The molecule has 0 aliphatic rings. The van der Waals surface area contributed by atoms with Gasteiger partial charge in [0.15, 0.2) is 0 Å². The Morgan fingerprint density at radius 1 is 0.765 bits per heavy atom. The fourth-order valence-electron chi connectivity index (χ4n) is 4.35. The van der Waals surface area contributed by atoms with Crippen LogP contribution in [0.5, 0.6) is 0 Å². The number of hydrogen-bond donors (Lipinski definition) is 2. The number of aliphatic hydroxyl groups is 2. The maximum atomic E-state index is 12.4. The number of carbonyl (C=O) groups excluding carboxylic acids is 2. The lowest BCUT2D eigenvalue weighted by Gasteiger charge is -2.31. The second-order valence-electron chi connectivity index (χ2n) is 9.73. The maximum Gasteiger partial charge on any atom is 0.308 e. The molecular formula is C28H53NO5. The number of esters is 1. The van der Waals surface area contributed by atoms with Crippen LogP contribution in [0.1, 0.15) is 149 Å². The van der Waals surface area contributed by atoms with E-state index in [1.807, 2.05) is 0 Å². The summed E-state index contributed by atoms with van der Waals surface area (Å²) in [4.78, 5) is 27.2. The van der Waals surface area contributed by atoms with Crippen molar-refractivity contribution in [1.29, 1.82) is 0 Å². The van der Waals surface area contributed by atoms with E-state index in [0.29, 0.717) is 12.8 Å². The number of hydrogen-bond acceptors (Lipinski definition) is 6. The molecule has 0 aliphatic heterocycles. The molecule has 0 aromatic carbocycles. The molecule has 2 atom stereocenters. The molecule has 0 amide bonds. The Labute approximate surface area is 209 Å². The smallest absolute Gasteiger partial charge is 0.308 e. The van der Waals surface area contributed by atoms with Crippen LogP contribution in [0, 0.1) is 0 Å². The van der Waals surface area contributed by atoms with E-state index >= 15 is 0 Å². The number of rotatable bonds is 25. The van der Waals surface area contributed by atoms with Crippen LogP contribution in [-0.4, -0.2) is 40.7 Å². The molecule has 0 aromatic heterocycles. The van der Waals surface area contributed by atoms with E-state index in [-0.39, 0.29) is 12.8 Å². The van der Waals surface area contributed by atoms with Crippen molar-refractivity contribution in [2.24, 2.45) is 4.99 Å². The molecule has 200 valence electrons. The number of carbonyl (C=O) groups is 1. The highest BCUT2D eigenvalue weighted by atomic mass is 16.6. The monoisotopic (exact) mass is 483 g/mol. The van der Waals surface area contributed by atoms with Gasteiger partial charge in [0.1, 0.15) is 6.10 Å². The van der Waals surface area contributed by atoms with Gasteiger partial charge in [0.2, 0.25) is 11.8 Å². The molecule has 0 rings (SSSR count). The molecule has 6 nitrogen and oxygen atoms in total. The summed E-state index contributed by atoms with van der Waals surface area (Å²) in [6.45, 7) is 3.80. The van der Waals surface area contributed by atoms with E-state index in [9.17, 15) is 19.8 Å². The third-order valence-electron chi connectivity index (χ3n) is 6.59. The average Bonchev–Trinajstić information content (AvgIpc) is 2.83. The molecule has 0 aromatic rings. The van der Waals surface area contributed by atoms with E-state index in [4.69, 9.17) is 4.74 Å². The predicted molar refractivity (Wildman–Crippen MR) is 138 cm³/mol. The zero-order chi connectivity index (χ0) is 25.3. The van der Waals surface area contributed by atoms with Crippen molar-refractivity contribution < 1.29 is 24.5 Å². The maximum absolute atomic E-state index is 12.4. The van der Waals surface area contributed by atoms with E-state index in [0.717, 1.165) is 32.1 Å². The molecule has 34 heavy (non-hydrogen) atoms. The third kappa shape index (κ3) is 17.2. The summed E-state index contributed by atoms with van der Waals surface area (Å²) in [5, 5.41) is 19.8. The van der Waals surface area contributed by atoms with Crippen LogP contribution in [0.3, 0.4) is 0 Å². The first-order chi connectivity index (χ1) is 16.6. The van der Waals surface area contributed by atoms with Crippen LogP contribution in [0.25, 0.3) is 0 Å². The predicted octanol–water partition coefficient (Wildman–Crippen LogP) is 7.15. The zero-order valence-electron chi connectivity index (χ0n) is 22.2. The van der Waals surface area contributed by atoms with Gasteiger partial charge in [-0.15, -0.1) is 0 Å². The number of unbranched alkanes of at least 4 members (excludes halogenated alkanes) is 17. The zero-order valence-corrected chi connectivity index (χ0v) is 22.2. The Morgan fingerprint density at radius 2 is 1.18 bits per heavy atom. The lowest BCUT2D eigenvalue weighted by atomic mass is 9.98. The van der Waals surface area contributed by atoms with Crippen LogP contribution in [0.4, 0.5) is 0 Å². The first kappa shape index (κ1) is 32.8. The van der Waals surface area contributed by atoms with Gasteiger partial charge in [0.25, 0.3) is 0 Å². The number of nitrogens with zero attached hydrogens (tertiary/aromatic N) is 1. The third-order valence-corrected chi connectivity index (χ3v) is 6.59. The van der Waals surface area contributed by atoms with Gasteiger partial charge < -0.3 is 14.9 Å². The van der Waals surface area contributed by atoms with Crippen molar-refractivity contribution in [3.8, 4) is 0 Å². The summed E-state index contributed by atoms with van der Waals surface area (Å²) in [5.41, 5.74) is -1.73. The summed E-state index contributed by atoms with van der Waals surface area (Å²) in [5.74, 6) is -0.485. The largest absolute Gasteiger partial charge is 0.433 e. The number of ether oxygens (including phenoxy) is 1. The molecule has 0 aliphatic carbocycles. The second kappa shape index (κ2) is 23.5. The van der Waals surface area contributed by atoms with Crippen LogP contribution in [0.15, 0.2) is 4.99 Å². The molecule has 6 heteroatoms. The molecule has 0 saturated carbocycles. The first-order valence-corrected chi connectivity index (χ1v) is 14.2. The Hall–Kier alpha value is -1.23. The minimum absolute atomic E-state index is 0.212. The minimum atomic E-state index is -1.73. The second-order valence-corrected chi connectivity index (χ2v) is 9.73. The van der Waals surface area contributed by atoms with Crippen molar-refractivity contribution in [2.45, 2.75) is 161 Å². The van der Waals surface area contributed by atoms with E-state index in [1.54, 1.807) is 0 Å². The Morgan fingerprint density at radius 3 is 1.59 bits per heavy atom. The molecule has 0 radical (unpaired) electrons. The molecule has 0 heterocycles. The summed E-state index contributed by atoms with van der Waals surface area (Å²) in [6.07, 6.45) is 22.2. The van der Waals surface area contributed by atoms with Gasteiger partial charge in [-0.05, 0) is 12.8 Å². The summed E-state index contributed by atoms with van der Waals surface area (Å²) in [6, 6.07) is 0. The normalized spacial score (nSPS) is 13.8. The molecule has 0 saturated heterocycles. The van der Waals surface area contributed by atoms with Gasteiger partial charge in [-0.1, -0.05) is 123 Å². The minimum Gasteiger partial charge on any atom is -0.433 e. The molecule has 2 unspecified atom stereocenters. The van der Waals surface area contributed by atoms with Crippen LogP contribution in [-0.2, 0) is 14.3 Å². The van der Waals surface area contributed by atoms with Crippen molar-refractivity contribution in [3.05, 3.63) is 0 Å². The van der Waals surface area contributed by atoms with E-state index in [2.05, 4.69) is 18.8 Å². The number of aliphatic hydroxyl groups excluding tert-OH is 2. The van der Waals surface area contributed by atoms with Gasteiger partial charge in [-0.25, -0.2) is 4.79 Å². The fraction of sp³-hybridized carbons (Fsp3) is 0.929. The Balaban J connectivity index is 4.32. The van der Waals surface area contributed by atoms with Gasteiger partial charge in [-0.3, -0.25) is 4.79 Å². The van der Waals surface area contributed by atoms with E-state index < -0.39 is 24.4 Å². The standard InChI is InChI=1S/C28H53NO5/c1-3-5-7-9-11-13-15-17-19-21-23-28(29-25-31,26(32)24-30)34-27(33)22-20-18-16-14-12-10-8-6-4-2/h26,30,32H,3-24H2,1-2H3. The molecule has 0 fully saturated rings. The van der Waals surface area contributed by atoms with Crippen LogP contribution in [0.2, 0.25) is 0 Å². The summed E-state index contributed by atoms with van der Waals surface area (Å²) >= 11 is 0. The van der Waals surface area contributed by atoms with Crippen molar-refractivity contribution in [1.82, 2.24) is 0 Å². The lowest BCUT2D eigenvalue weighted by Crippen LogP contribution is -2.47. The summed E-state index contributed by atoms with van der Waals surface area (Å²) < 4.78 is 5.51. The van der Waals surface area contributed by atoms with Crippen LogP contribution < -0.4 is 0 Å². The van der Waals surface area contributed by atoms with Crippen molar-refractivity contribution in [2.75, 3.05) is 6.61 Å². The molecule has 0 spiro atoms. The SMILES string of the molecule is CCCCCCCCCCCCC(N=C=O)(OC(=O)CCCCCCCCCCC)C(O)CO. The highest BCUT2D eigenvalue weighted by Crippen LogP contribution is 2.27. The van der Waals surface area contributed by atoms with Crippen LogP contribution >= 0.6 is 0 Å². The molecule has 0 bridgehead atoms. The van der Waals surface area contributed by atoms with Crippen molar-refractivity contribution in [3.63, 3.8) is 0 Å². The van der Waals surface area contributed by atoms with Gasteiger partial charge in [0, 0.05) is 12.8 Å². The topological polar surface area (TPSA) is 96.2 Å². The number of aliphatic imine (C=N–C) groups is 1. The summed E-state index contributed by atoms with van der Waals surface area (Å²) in [7, 11) is 0. The van der Waals surface area contributed by atoms with Gasteiger partial charge >= 0.3 is 5.97 Å². The highest BCUT2D eigenvalue weighted by Gasteiger charge is 2.41. The first-order valence-electron chi connectivity index (χ1n) is 14.2. The van der Waals surface area contributed by atoms with Crippen molar-refractivity contribution >= 4 is 12.0 Å². The van der Waals surface area contributed by atoms with E-state index in [1.165, 1.54) is 83.1 Å². The van der Waals surface area contributed by atoms with Gasteiger partial charge in [0.05, 0.1) is 6.61 Å². The molecule has 2 N–H and O–H groups in total. The number of isocyanates is 1. The quantitative estimate of drug-likeness (QED) is 0.0622. The Kier molecular flexibility index (Phi) is 22.7. The Bertz CT molecular complexity index is 521. The lowest BCUT2D eigenvalue weighted by molar-refractivity contribution is -0.177. The van der Waals surface area contributed by atoms with Gasteiger partial charge in [-0.2, -0.15) is 4.99 Å².